The molecule has 0 aromatic heterocycles. The SMILES string of the molecule is CCOC(=O)C1CC[NH+](CCCOc2cccc(C)c2C)CC1. The number of hydrogen-bond donors (Lipinski definition) is 1. The molecule has 1 aliphatic rings. The number of benzene rings is 1. The maximum absolute atomic E-state index is 11.7. The van der Waals surface area contributed by atoms with Crippen molar-refractivity contribution in [1.29, 1.82) is 0 Å². The molecule has 0 radical (unpaired) electrons. The predicted octanol–water partition coefficient (Wildman–Crippen LogP) is 1.93. The van der Waals surface area contributed by atoms with Crippen LogP contribution in [0.15, 0.2) is 18.2 Å². The Morgan fingerprint density at radius 2 is 2.00 bits per heavy atom. The largest absolute Gasteiger partial charge is 0.493 e. The highest BCUT2D eigenvalue weighted by Gasteiger charge is 2.27. The highest BCUT2D eigenvalue weighted by Crippen LogP contribution is 2.20. The summed E-state index contributed by atoms with van der Waals surface area (Å²) in [6.07, 6.45) is 2.95. The summed E-state index contributed by atoms with van der Waals surface area (Å²) in [6, 6.07) is 6.20. The Labute approximate surface area is 139 Å². The van der Waals surface area contributed by atoms with Gasteiger partial charge >= 0.3 is 5.97 Å². The summed E-state index contributed by atoms with van der Waals surface area (Å²) < 4.78 is 11.0. The van der Waals surface area contributed by atoms with E-state index < -0.39 is 0 Å². The average molecular weight is 320 g/mol. The van der Waals surface area contributed by atoms with Crippen molar-refractivity contribution in [3.63, 3.8) is 0 Å². The number of piperidine rings is 1. The molecule has 1 heterocycles. The van der Waals surface area contributed by atoms with Crippen molar-refractivity contribution in [1.82, 2.24) is 0 Å². The van der Waals surface area contributed by atoms with Gasteiger partial charge in [-0.15, -0.1) is 0 Å². The van der Waals surface area contributed by atoms with Crippen LogP contribution in [0.1, 0.15) is 37.3 Å². The third-order valence-corrected chi connectivity index (χ3v) is 4.80. The van der Waals surface area contributed by atoms with Crippen LogP contribution in [0.2, 0.25) is 0 Å². The first-order chi connectivity index (χ1) is 11.1. The second kappa shape index (κ2) is 8.92. The number of likely N-dealkylation sites (tertiary alicyclic amines) is 1. The Hall–Kier alpha value is -1.55. The van der Waals surface area contributed by atoms with E-state index in [-0.39, 0.29) is 11.9 Å². The van der Waals surface area contributed by atoms with Crippen LogP contribution in [-0.4, -0.2) is 38.8 Å². The molecule has 0 aliphatic carbocycles. The van der Waals surface area contributed by atoms with E-state index in [1.54, 1.807) is 4.90 Å². The standard InChI is InChI=1S/C19H29NO3/c1-4-22-19(21)17-9-12-20(13-10-17)11-6-14-23-18-8-5-7-15(2)16(18)3/h5,7-8,17H,4,6,9-14H2,1-3H3/p+1. The van der Waals surface area contributed by atoms with Crippen LogP contribution in [0.5, 0.6) is 5.75 Å². The van der Waals surface area contributed by atoms with Gasteiger partial charge in [-0.3, -0.25) is 4.79 Å². The van der Waals surface area contributed by atoms with Gasteiger partial charge < -0.3 is 14.4 Å². The molecule has 0 saturated carbocycles. The first-order valence-electron chi connectivity index (χ1n) is 8.81. The lowest BCUT2D eigenvalue weighted by Crippen LogP contribution is -3.13. The summed E-state index contributed by atoms with van der Waals surface area (Å²) in [4.78, 5) is 13.3. The van der Waals surface area contributed by atoms with Gasteiger partial charge in [0.25, 0.3) is 0 Å². The van der Waals surface area contributed by atoms with Gasteiger partial charge in [-0.1, -0.05) is 12.1 Å². The van der Waals surface area contributed by atoms with Gasteiger partial charge in [0.2, 0.25) is 0 Å². The van der Waals surface area contributed by atoms with E-state index in [4.69, 9.17) is 9.47 Å². The summed E-state index contributed by atoms with van der Waals surface area (Å²) >= 11 is 0. The molecule has 4 heteroatoms. The molecule has 0 atom stereocenters. The van der Waals surface area contributed by atoms with Gasteiger partial charge in [0, 0.05) is 19.3 Å². The molecule has 0 unspecified atom stereocenters. The maximum Gasteiger partial charge on any atom is 0.309 e. The lowest BCUT2D eigenvalue weighted by atomic mass is 9.97. The van der Waals surface area contributed by atoms with E-state index in [1.165, 1.54) is 11.1 Å². The fourth-order valence-electron chi connectivity index (χ4n) is 3.16. The van der Waals surface area contributed by atoms with Crippen molar-refractivity contribution in [3.8, 4) is 5.75 Å². The third-order valence-electron chi connectivity index (χ3n) is 4.80. The van der Waals surface area contributed by atoms with Crippen LogP contribution in [-0.2, 0) is 9.53 Å². The Bertz CT molecular complexity index is 507. The number of nitrogens with one attached hydrogen (secondary N) is 1. The Kier molecular flexibility index (Phi) is 6.90. The normalized spacial score (nSPS) is 21.0. The number of quaternary nitrogens is 1. The Morgan fingerprint density at radius 1 is 1.26 bits per heavy atom. The zero-order valence-electron chi connectivity index (χ0n) is 14.7. The third kappa shape index (κ3) is 5.24. The van der Waals surface area contributed by atoms with E-state index in [0.717, 1.165) is 51.3 Å². The van der Waals surface area contributed by atoms with Crippen LogP contribution in [0, 0.1) is 19.8 Å². The van der Waals surface area contributed by atoms with Crippen molar-refractivity contribution < 1.29 is 19.2 Å². The average Bonchev–Trinajstić information content (AvgIpc) is 2.56. The minimum atomic E-state index is -0.00944. The van der Waals surface area contributed by atoms with Crippen molar-refractivity contribution in [2.45, 2.75) is 40.0 Å². The molecule has 1 aliphatic heterocycles. The fourth-order valence-corrected chi connectivity index (χ4v) is 3.16. The molecule has 0 amide bonds. The highest BCUT2D eigenvalue weighted by molar-refractivity contribution is 5.72. The summed E-state index contributed by atoms with van der Waals surface area (Å²) in [6.45, 7) is 10.6. The van der Waals surface area contributed by atoms with Gasteiger partial charge in [-0.05, 0) is 38.0 Å². The van der Waals surface area contributed by atoms with Crippen LogP contribution in [0.3, 0.4) is 0 Å². The number of esters is 1. The minimum Gasteiger partial charge on any atom is -0.493 e. The lowest BCUT2D eigenvalue weighted by molar-refractivity contribution is -0.906. The topological polar surface area (TPSA) is 40.0 Å². The number of rotatable bonds is 7. The van der Waals surface area contributed by atoms with Crippen LogP contribution in [0.25, 0.3) is 0 Å². The molecule has 4 nitrogen and oxygen atoms in total. The first-order valence-corrected chi connectivity index (χ1v) is 8.81. The number of hydrogen-bond acceptors (Lipinski definition) is 3. The predicted molar refractivity (Wildman–Crippen MR) is 90.9 cm³/mol. The maximum atomic E-state index is 11.7. The van der Waals surface area contributed by atoms with Crippen molar-refractivity contribution in [3.05, 3.63) is 29.3 Å². The number of carbonyl (C=O) groups is 1. The molecule has 128 valence electrons. The highest BCUT2D eigenvalue weighted by atomic mass is 16.5. The van der Waals surface area contributed by atoms with Crippen LogP contribution >= 0.6 is 0 Å². The second-order valence-corrected chi connectivity index (χ2v) is 6.43. The van der Waals surface area contributed by atoms with E-state index in [9.17, 15) is 4.79 Å². The van der Waals surface area contributed by atoms with Gasteiger partial charge in [0.15, 0.2) is 0 Å². The van der Waals surface area contributed by atoms with Gasteiger partial charge in [0.05, 0.1) is 38.8 Å². The van der Waals surface area contributed by atoms with E-state index in [1.807, 2.05) is 19.1 Å². The Morgan fingerprint density at radius 3 is 2.70 bits per heavy atom. The van der Waals surface area contributed by atoms with E-state index in [0.29, 0.717) is 6.61 Å². The molecule has 2 rings (SSSR count). The summed E-state index contributed by atoms with van der Waals surface area (Å²) in [5, 5.41) is 0. The van der Waals surface area contributed by atoms with Crippen molar-refractivity contribution in [2.24, 2.45) is 5.92 Å². The molecule has 1 saturated heterocycles. The molecule has 23 heavy (non-hydrogen) atoms. The number of carbonyl (C=O) groups excluding carboxylic acids is 1. The van der Waals surface area contributed by atoms with Gasteiger partial charge in [0.1, 0.15) is 5.75 Å². The minimum absolute atomic E-state index is 0.00944. The quantitative estimate of drug-likeness (QED) is 0.616. The van der Waals surface area contributed by atoms with Gasteiger partial charge in [-0.2, -0.15) is 0 Å². The molecular weight excluding hydrogens is 290 g/mol. The molecular formula is C19H30NO3+. The molecule has 0 spiro atoms. The second-order valence-electron chi connectivity index (χ2n) is 6.43. The molecule has 1 aromatic carbocycles. The molecule has 1 fully saturated rings. The van der Waals surface area contributed by atoms with Crippen LogP contribution < -0.4 is 9.64 Å². The van der Waals surface area contributed by atoms with Crippen molar-refractivity contribution >= 4 is 5.97 Å². The zero-order valence-corrected chi connectivity index (χ0v) is 14.7. The van der Waals surface area contributed by atoms with E-state index >= 15 is 0 Å². The van der Waals surface area contributed by atoms with Gasteiger partial charge in [-0.25, -0.2) is 0 Å². The molecule has 0 bridgehead atoms. The van der Waals surface area contributed by atoms with Crippen molar-refractivity contribution in [2.75, 3.05) is 32.8 Å². The number of aryl methyl sites for hydroxylation is 1. The van der Waals surface area contributed by atoms with Crippen LogP contribution in [0.4, 0.5) is 0 Å². The summed E-state index contributed by atoms with van der Waals surface area (Å²) in [7, 11) is 0. The first kappa shape index (κ1) is 17.8. The zero-order chi connectivity index (χ0) is 16.7. The fraction of sp³-hybridized carbons (Fsp3) is 0.632. The van der Waals surface area contributed by atoms with E-state index in [2.05, 4.69) is 19.9 Å². The molecule has 1 aromatic rings. The number of ether oxygens (including phenoxy) is 2. The summed E-state index contributed by atoms with van der Waals surface area (Å²) in [5.74, 6) is 1.11. The Balaban J connectivity index is 1.64. The smallest absolute Gasteiger partial charge is 0.309 e. The monoisotopic (exact) mass is 320 g/mol. The summed E-state index contributed by atoms with van der Waals surface area (Å²) in [5.41, 5.74) is 2.50. The lowest BCUT2D eigenvalue weighted by Gasteiger charge is -2.28. The molecule has 1 N–H and O–H groups in total.